The third-order valence-electron chi connectivity index (χ3n) is 1.51. The van der Waals surface area contributed by atoms with E-state index in [-0.39, 0.29) is 0 Å². The fraction of sp³-hybridized carbons (Fsp3) is 1.00. The molecule has 0 rings (SSSR count). The van der Waals surface area contributed by atoms with Crippen molar-refractivity contribution in [3.8, 4) is 0 Å². The molecule has 0 aliphatic carbocycles. The van der Waals surface area contributed by atoms with Crippen molar-refractivity contribution in [3.05, 3.63) is 0 Å². The topological polar surface area (TPSA) is 15.3 Å². The molecule has 0 aromatic heterocycles. The molecule has 1 N–H and O–H groups in total. The van der Waals surface area contributed by atoms with Gasteiger partial charge in [-0.1, -0.05) is 6.92 Å². The molecule has 0 atom stereocenters. The van der Waals surface area contributed by atoms with E-state index in [2.05, 4.69) is 24.2 Å². The lowest BCUT2D eigenvalue weighted by Crippen LogP contribution is -2.22. The van der Waals surface area contributed by atoms with Crippen LogP contribution in [-0.4, -0.2) is 38.6 Å². The number of hydrogen-bond acceptors (Lipinski definition) is 2. The first-order chi connectivity index (χ1) is 4.31. The fourth-order valence-corrected chi connectivity index (χ4v) is 0.684. The van der Waals surface area contributed by atoms with Gasteiger partial charge in [-0.15, -0.1) is 0 Å². The Hall–Kier alpha value is -0.0800. The lowest BCUT2D eigenvalue weighted by Gasteiger charge is -2.12. The summed E-state index contributed by atoms with van der Waals surface area (Å²) >= 11 is 0. The van der Waals surface area contributed by atoms with Crippen LogP contribution in [0.5, 0.6) is 0 Å². The fourth-order valence-electron chi connectivity index (χ4n) is 0.684. The number of nitrogens with one attached hydrogen (secondary N) is 1. The summed E-state index contributed by atoms with van der Waals surface area (Å²) in [6.07, 6.45) is 1.25. The van der Waals surface area contributed by atoms with Gasteiger partial charge in [-0.25, -0.2) is 0 Å². The molecule has 0 aliphatic rings. The van der Waals surface area contributed by atoms with Crippen molar-refractivity contribution in [2.45, 2.75) is 13.3 Å². The molecule has 0 aromatic rings. The lowest BCUT2D eigenvalue weighted by molar-refractivity contribution is 0.346. The maximum absolute atomic E-state index is 3.12. The van der Waals surface area contributed by atoms with Crippen LogP contribution in [0.15, 0.2) is 0 Å². The van der Waals surface area contributed by atoms with Crippen LogP contribution in [0.2, 0.25) is 0 Å². The molecule has 0 spiro atoms. The van der Waals surface area contributed by atoms with Crippen molar-refractivity contribution >= 4 is 0 Å². The van der Waals surface area contributed by atoms with Gasteiger partial charge in [0.2, 0.25) is 0 Å². The van der Waals surface area contributed by atoms with Gasteiger partial charge in [0, 0.05) is 0 Å². The summed E-state index contributed by atoms with van der Waals surface area (Å²) in [4.78, 5) is 2.32. The Morgan fingerprint density at radius 3 is 2.56 bits per heavy atom. The van der Waals surface area contributed by atoms with E-state index in [0.29, 0.717) is 0 Å². The van der Waals surface area contributed by atoms with Crippen LogP contribution >= 0.6 is 0 Å². The van der Waals surface area contributed by atoms with Crippen LogP contribution in [0.4, 0.5) is 0 Å². The third kappa shape index (κ3) is 5.80. The van der Waals surface area contributed by atoms with Gasteiger partial charge in [0.05, 0.1) is 0 Å². The maximum Gasteiger partial charge on any atom is -0.000981 e. The molecule has 56 valence electrons. The highest BCUT2D eigenvalue weighted by Gasteiger charge is 1.90. The molecule has 9 heavy (non-hydrogen) atoms. The Kier molecular flexibility index (Phi) is 5.99. The number of nitrogens with zero attached hydrogens (tertiary/aromatic N) is 1. The molecule has 0 unspecified atom stereocenters. The van der Waals surface area contributed by atoms with Crippen molar-refractivity contribution in [1.29, 1.82) is 0 Å². The summed E-state index contributed by atoms with van der Waals surface area (Å²) in [5.74, 6) is 0. The Morgan fingerprint density at radius 2 is 2.11 bits per heavy atom. The van der Waals surface area contributed by atoms with Gasteiger partial charge < -0.3 is 10.2 Å². The SMILES string of the molecule is CCN(C)CCCNC. The molecular formula is C7H18N2. The summed E-state index contributed by atoms with van der Waals surface area (Å²) in [5.41, 5.74) is 0. The Bertz CT molecular complexity index is 54.9. The van der Waals surface area contributed by atoms with E-state index in [1.165, 1.54) is 13.0 Å². The minimum Gasteiger partial charge on any atom is -0.320 e. The first-order valence-electron chi connectivity index (χ1n) is 3.64. The highest BCUT2D eigenvalue weighted by atomic mass is 15.1. The van der Waals surface area contributed by atoms with Gasteiger partial charge in [0.1, 0.15) is 0 Å². The van der Waals surface area contributed by atoms with Crippen molar-refractivity contribution in [2.75, 3.05) is 33.7 Å². The molecular weight excluding hydrogens is 112 g/mol. The van der Waals surface area contributed by atoms with Gasteiger partial charge in [0.15, 0.2) is 0 Å². The molecule has 2 nitrogen and oxygen atoms in total. The molecule has 0 heterocycles. The van der Waals surface area contributed by atoms with Gasteiger partial charge in [-0.3, -0.25) is 0 Å². The zero-order valence-electron chi connectivity index (χ0n) is 6.78. The summed E-state index contributed by atoms with van der Waals surface area (Å²) in [5, 5.41) is 3.12. The van der Waals surface area contributed by atoms with Gasteiger partial charge >= 0.3 is 0 Å². The van der Waals surface area contributed by atoms with Crippen LogP contribution in [-0.2, 0) is 0 Å². The zero-order chi connectivity index (χ0) is 7.11. The van der Waals surface area contributed by atoms with E-state index < -0.39 is 0 Å². The Labute approximate surface area is 58.2 Å². The summed E-state index contributed by atoms with van der Waals surface area (Å²) in [6, 6.07) is 0. The Morgan fingerprint density at radius 1 is 1.44 bits per heavy atom. The summed E-state index contributed by atoms with van der Waals surface area (Å²) in [7, 11) is 4.14. The molecule has 0 aromatic carbocycles. The second-order valence-corrected chi connectivity index (χ2v) is 2.35. The summed E-state index contributed by atoms with van der Waals surface area (Å²) < 4.78 is 0. The van der Waals surface area contributed by atoms with E-state index in [0.717, 1.165) is 13.1 Å². The minimum atomic E-state index is 1.13. The predicted octanol–water partition coefficient (Wildman–Crippen LogP) is 0.548. The second kappa shape index (κ2) is 6.05. The van der Waals surface area contributed by atoms with Crippen LogP contribution in [0.1, 0.15) is 13.3 Å². The van der Waals surface area contributed by atoms with Crippen molar-refractivity contribution in [3.63, 3.8) is 0 Å². The van der Waals surface area contributed by atoms with E-state index in [1.54, 1.807) is 0 Å². The zero-order valence-corrected chi connectivity index (χ0v) is 6.78. The van der Waals surface area contributed by atoms with E-state index >= 15 is 0 Å². The molecule has 0 saturated carbocycles. The molecule has 0 saturated heterocycles. The molecule has 0 amide bonds. The monoisotopic (exact) mass is 130 g/mol. The highest BCUT2D eigenvalue weighted by Crippen LogP contribution is 1.83. The molecule has 0 aliphatic heterocycles. The normalized spacial score (nSPS) is 10.7. The lowest BCUT2D eigenvalue weighted by atomic mass is 10.4. The smallest absolute Gasteiger partial charge is 0.000981 e. The largest absolute Gasteiger partial charge is 0.320 e. The molecule has 2 heteroatoms. The third-order valence-corrected chi connectivity index (χ3v) is 1.51. The van der Waals surface area contributed by atoms with Crippen molar-refractivity contribution in [2.24, 2.45) is 0 Å². The van der Waals surface area contributed by atoms with Gasteiger partial charge in [-0.2, -0.15) is 0 Å². The number of rotatable bonds is 5. The van der Waals surface area contributed by atoms with Crippen molar-refractivity contribution < 1.29 is 0 Å². The van der Waals surface area contributed by atoms with Gasteiger partial charge in [0.25, 0.3) is 0 Å². The minimum absolute atomic E-state index is 1.13. The van der Waals surface area contributed by atoms with E-state index in [9.17, 15) is 0 Å². The first kappa shape index (κ1) is 8.92. The van der Waals surface area contributed by atoms with E-state index in [4.69, 9.17) is 0 Å². The van der Waals surface area contributed by atoms with Crippen LogP contribution < -0.4 is 5.32 Å². The number of hydrogen-bond donors (Lipinski definition) is 1. The quantitative estimate of drug-likeness (QED) is 0.547. The maximum atomic E-state index is 3.12. The summed E-state index contributed by atoms with van der Waals surface area (Å²) in [6.45, 7) is 5.67. The van der Waals surface area contributed by atoms with Crippen LogP contribution in [0.3, 0.4) is 0 Å². The van der Waals surface area contributed by atoms with Crippen LogP contribution in [0.25, 0.3) is 0 Å². The Balaban J connectivity index is 2.88. The van der Waals surface area contributed by atoms with E-state index in [1.807, 2.05) is 7.05 Å². The van der Waals surface area contributed by atoms with Gasteiger partial charge in [-0.05, 0) is 40.2 Å². The second-order valence-electron chi connectivity index (χ2n) is 2.35. The average Bonchev–Trinajstić information content (AvgIpc) is 1.89. The van der Waals surface area contributed by atoms with Crippen molar-refractivity contribution in [1.82, 2.24) is 10.2 Å². The molecule has 0 radical (unpaired) electrons. The predicted molar refractivity (Wildman–Crippen MR) is 41.7 cm³/mol. The highest BCUT2D eigenvalue weighted by molar-refractivity contribution is 4.48. The standard InChI is InChI=1S/C7H18N2/c1-4-9(3)7-5-6-8-2/h8H,4-7H2,1-3H3. The molecule has 0 bridgehead atoms. The van der Waals surface area contributed by atoms with Crippen LogP contribution in [0, 0.1) is 0 Å². The molecule has 0 fully saturated rings. The first-order valence-corrected chi connectivity index (χ1v) is 3.64. The average molecular weight is 130 g/mol.